The highest BCUT2D eigenvalue weighted by Crippen LogP contribution is 2.33. The molecule has 5 nitrogen and oxygen atoms in total. The fourth-order valence-corrected chi connectivity index (χ4v) is 4.89. The summed E-state index contributed by atoms with van der Waals surface area (Å²) in [7, 11) is 0. The molecule has 4 heterocycles. The second-order valence-corrected chi connectivity index (χ2v) is 8.55. The molecule has 26 heavy (non-hydrogen) atoms. The molecule has 2 unspecified atom stereocenters. The van der Waals surface area contributed by atoms with Crippen LogP contribution in [0.25, 0.3) is 0 Å². The molecule has 5 heteroatoms. The Hall–Kier alpha value is -1.62. The van der Waals surface area contributed by atoms with Crippen molar-refractivity contribution in [2.45, 2.75) is 58.0 Å². The molecule has 1 aromatic rings. The summed E-state index contributed by atoms with van der Waals surface area (Å²) >= 11 is 0. The number of fused-ring (bicyclic) bond motifs is 4. The Kier molecular flexibility index (Phi) is 5.16. The van der Waals surface area contributed by atoms with Gasteiger partial charge in [0, 0.05) is 56.9 Å². The lowest BCUT2D eigenvalue weighted by Gasteiger charge is -2.40. The maximum absolute atomic E-state index is 12.9. The van der Waals surface area contributed by atoms with Gasteiger partial charge in [0.1, 0.15) is 0 Å². The van der Waals surface area contributed by atoms with E-state index < -0.39 is 0 Å². The van der Waals surface area contributed by atoms with Crippen LogP contribution in [-0.4, -0.2) is 52.5 Å². The van der Waals surface area contributed by atoms with E-state index in [-0.39, 0.29) is 11.5 Å². The summed E-state index contributed by atoms with van der Waals surface area (Å²) in [5, 5.41) is 0. The first-order valence-corrected chi connectivity index (χ1v) is 10.3. The second-order valence-electron chi connectivity index (χ2n) is 8.55. The molecule has 2 atom stereocenters. The number of aryl methyl sites for hydroxylation is 1. The van der Waals surface area contributed by atoms with Crippen LogP contribution in [-0.2, 0) is 11.3 Å². The normalized spacial score (nSPS) is 26.6. The van der Waals surface area contributed by atoms with E-state index in [2.05, 4.69) is 9.80 Å². The molecule has 0 aromatic carbocycles. The summed E-state index contributed by atoms with van der Waals surface area (Å²) in [6.07, 6.45) is 7.09. The highest BCUT2D eigenvalue weighted by atomic mass is 16.2. The van der Waals surface area contributed by atoms with Crippen LogP contribution in [0.1, 0.15) is 44.2 Å². The first-order valence-electron chi connectivity index (χ1n) is 10.3. The zero-order valence-corrected chi connectivity index (χ0v) is 15.9. The molecule has 142 valence electrons. The van der Waals surface area contributed by atoms with Crippen molar-refractivity contribution < 1.29 is 4.79 Å². The minimum Gasteiger partial charge on any atom is -0.341 e. The molecule has 1 aliphatic carbocycles. The van der Waals surface area contributed by atoms with Gasteiger partial charge in [-0.1, -0.05) is 12.5 Å². The van der Waals surface area contributed by atoms with Gasteiger partial charge >= 0.3 is 0 Å². The van der Waals surface area contributed by atoms with Crippen LogP contribution in [0.3, 0.4) is 0 Å². The second kappa shape index (κ2) is 7.55. The molecule has 5 rings (SSSR count). The van der Waals surface area contributed by atoms with Crippen molar-refractivity contribution in [3.8, 4) is 0 Å². The van der Waals surface area contributed by atoms with Gasteiger partial charge in [-0.25, -0.2) is 0 Å². The van der Waals surface area contributed by atoms with E-state index in [4.69, 9.17) is 0 Å². The number of nitrogens with zero attached hydrogens (tertiary/aromatic N) is 3. The highest BCUT2D eigenvalue weighted by molar-refractivity contribution is 5.76. The molecule has 0 N–H and O–H groups in total. The third kappa shape index (κ3) is 3.73. The zero-order valence-electron chi connectivity index (χ0n) is 15.9. The molecular weight excluding hydrogens is 326 g/mol. The molecule has 2 bridgehead atoms. The van der Waals surface area contributed by atoms with Gasteiger partial charge in [-0.2, -0.15) is 0 Å². The predicted octanol–water partition coefficient (Wildman–Crippen LogP) is 2.27. The van der Waals surface area contributed by atoms with Gasteiger partial charge in [0.15, 0.2) is 0 Å². The smallest absolute Gasteiger partial charge is 0.250 e. The topological polar surface area (TPSA) is 45.6 Å². The van der Waals surface area contributed by atoms with Crippen LogP contribution in [0.5, 0.6) is 0 Å². The maximum Gasteiger partial charge on any atom is 0.250 e. The molecule has 3 aliphatic heterocycles. The molecule has 1 aromatic heterocycles. The Bertz CT molecular complexity index is 709. The third-order valence-electron chi connectivity index (χ3n) is 6.71. The molecule has 3 saturated heterocycles. The van der Waals surface area contributed by atoms with Gasteiger partial charge in [0.2, 0.25) is 5.91 Å². The third-order valence-corrected chi connectivity index (χ3v) is 6.71. The zero-order chi connectivity index (χ0) is 18.1. The molecular formula is C21H31N3O2. The monoisotopic (exact) mass is 357 g/mol. The van der Waals surface area contributed by atoms with Crippen molar-refractivity contribution in [1.82, 2.24) is 14.4 Å². The van der Waals surface area contributed by atoms with Crippen LogP contribution in [0, 0.1) is 18.8 Å². The lowest BCUT2D eigenvalue weighted by molar-refractivity contribution is -0.131. The summed E-state index contributed by atoms with van der Waals surface area (Å²) in [5.41, 5.74) is 0.910. The lowest BCUT2D eigenvalue weighted by Crippen LogP contribution is -2.47. The summed E-state index contributed by atoms with van der Waals surface area (Å²) in [4.78, 5) is 29.6. The molecule has 1 amide bonds. The average Bonchev–Trinajstić information content (AvgIpc) is 2.89. The van der Waals surface area contributed by atoms with E-state index in [1.807, 2.05) is 13.0 Å². The van der Waals surface area contributed by atoms with Crippen LogP contribution >= 0.6 is 0 Å². The SMILES string of the molecule is Cc1cccc(=O)n1CCC(=O)N1CC2CCC(C1)N(CC1CCC1)C2. The number of rotatable bonds is 5. The quantitative estimate of drug-likeness (QED) is 0.812. The summed E-state index contributed by atoms with van der Waals surface area (Å²) in [6, 6.07) is 5.82. The van der Waals surface area contributed by atoms with E-state index in [1.54, 1.807) is 16.7 Å². The van der Waals surface area contributed by atoms with Gasteiger partial charge in [-0.3, -0.25) is 14.5 Å². The summed E-state index contributed by atoms with van der Waals surface area (Å²) in [5.74, 6) is 1.73. The minimum atomic E-state index is -0.0135. The Morgan fingerprint density at radius 1 is 1.12 bits per heavy atom. The number of amides is 1. The number of piperidine rings is 1. The Balaban J connectivity index is 1.37. The number of aromatic nitrogens is 1. The molecule has 4 fully saturated rings. The van der Waals surface area contributed by atoms with Crippen molar-refractivity contribution in [2.24, 2.45) is 11.8 Å². The Morgan fingerprint density at radius 2 is 1.96 bits per heavy atom. The standard InChI is InChI=1S/C21H31N3O2/c1-16-4-2-7-21(26)24(16)11-10-20(25)23-14-18-8-9-19(15-23)22(13-18)12-17-5-3-6-17/h2,4,7,17-19H,3,5-6,8-15H2,1H3. The number of hydrogen-bond acceptors (Lipinski definition) is 3. The number of carbonyl (C=O) groups is 1. The number of pyridine rings is 1. The van der Waals surface area contributed by atoms with E-state index in [1.165, 1.54) is 45.2 Å². The van der Waals surface area contributed by atoms with E-state index in [9.17, 15) is 9.59 Å². The van der Waals surface area contributed by atoms with Crippen molar-refractivity contribution in [3.05, 3.63) is 34.2 Å². The Morgan fingerprint density at radius 3 is 2.69 bits per heavy atom. The molecule has 4 aliphatic rings. The van der Waals surface area contributed by atoms with Crippen LogP contribution in [0.4, 0.5) is 0 Å². The molecule has 0 spiro atoms. The van der Waals surface area contributed by atoms with Crippen LogP contribution in [0.15, 0.2) is 23.0 Å². The number of carbonyl (C=O) groups excluding carboxylic acids is 1. The van der Waals surface area contributed by atoms with E-state index in [0.29, 0.717) is 24.9 Å². The van der Waals surface area contributed by atoms with E-state index in [0.717, 1.165) is 24.7 Å². The van der Waals surface area contributed by atoms with Gasteiger partial charge in [0.25, 0.3) is 5.56 Å². The largest absolute Gasteiger partial charge is 0.341 e. The highest BCUT2D eigenvalue weighted by Gasteiger charge is 2.37. The van der Waals surface area contributed by atoms with Crippen molar-refractivity contribution in [2.75, 3.05) is 26.2 Å². The number of hydrogen-bond donors (Lipinski definition) is 0. The minimum absolute atomic E-state index is 0.0135. The van der Waals surface area contributed by atoms with Crippen molar-refractivity contribution in [1.29, 1.82) is 0 Å². The summed E-state index contributed by atoms with van der Waals surface area (Å²) in [6.45, 7) is 6.60. The first kappa shape index (κ1) is 17.8. The first-order chi connectivity index (χ1) is 12.6. The molecule has 0 radical (unpaired) electrons. The predicted molar refractivity (Wildman–Crippen MR) is 102 cm³/mol. The van der Waals surface area contributed by atoms with Gasteiger partial charge in [-0.05, 0) is 50.5 Å². The van der Waals surface area contributed by atoms with Gasteiger partial charge in [0.05, 0.1) is 0 Å². The van der Waals surface area contributed by atoms with Gasteiger partial charge < -0.3 is 9.47 Å². The van der Waals surface area contributed by atoms with Crippen LogP contribution < -0.4 is 5.56 Å². The summed E-state index contributed by atoms with van der Waals surface area (Å²) < 4.78 is 1.72. The van der Waals surface area contributed by atoms with Crippen molar-refractivity contribution in [3.63, 3.8) is 0 Å². The van der Waals surface area contributed by atoms with Crippen molar-refractivity contribution >= 4 is 5.91 Å². The average molecular weight is 357 g/mol. The molecule has 1 saturated carbocycles. The lowest BCUT2D eigenvalue weighted by atomic mass is 9.83. The van der Waals surface area contributed by atoms with Gasteiger partial charge in [-0.15, -0.1) is 0 Å². The van der Waals surface area contributed by atoms with Crippen LogP contribution in [0.2, 0.25) is 0 Å². The fourth-order valence-electron chi connectivity index (χ4n) is 4.89. The maximum atomic E-state index is 12.9. The fraction of sp³-hybridized carbons (Fsp3) is 0.714. The Labute approximate surface area is 156 Å². The van der Waals surface area contributed by atoms with E-state index >= 15 is 0 Å².